The Bertz CT molecular complexity index is 585. The Morgan fingerprint density at radius 3 is 2.37 bits per heavy atom. The number of aryl methyl sites for hydroxylation is 1. The van der Waals surface area contributed by atoms with Gasteiger partial charge in [-0.2, -0.15) is 18.3 Å². The summed E-state index contributed by atoms with van der Waals surface area (Å²) >= 11 is 0. The maximum Gasteiger partial charge on any atom is 0.416 e. The highest BCUT2D eigenvalue weighted by molar-refractivity contribution is 5.65. The van der Waals surface area contributed by atoms with Crippen molar-refractivity contribution in [3.05, 3.63) is 29.8 Å². The number of nitrogens with two attached hydrogens (primary N) is 1. The van der Waals surface area contributed by atoms with Crippen molar-refractivity contribution in [1.82, 2.24) is 9.78 Å². The van der Waals surface area contributed by atoms with E-state index in [-0.39, 0.29) is 5.75 Å². The predicted molar refractivity (Wildman–Crippen MR) is 64.6 cm³/mol. The van der Waals surface area contributed by atoms with E-state index in [4.69, 9.17) is 10.5 Å². The molecular formula is C12H12F3N3O. The van der Waals surface area contributed by atoms with Crippen molar-refractivity contribution in [3.63, 3.8) is 0 Å². The summed E-state index contributed by atoms with van der Waals surface area (Å²) < 4.78 is 44.6. The number of rotatable bonds is 2. The number of anilines is 1. The fourth-order valence-electron chi connectivity index (χ4n) is 1.65. The van der Waals surface area contributed by atoms with Gasteiger partial charge in [0.1, 0.15) is 11.6 Å². The van der Waals surface area contributed by atoms with Crippen molar-refractivity contribution in [1.29, 1.82) is 0 Å². The molecule has 2 rings (SSSR count). The fourth-order valence-corrected chi connectivity index (χ4v) is 1.65. The molecule has 1 heterocycles. The smallest absolute Gasteiger partial charge is 0.416 e. The zero-order valence-electron chi connectivity index (χ0n) is 10.3. The van der Waals surface area contributed by atoms with Gasteiger partial charge >= 0.3 is 6.18 Å². The van der Waals surface area contributed by atoms with Crippen molar-refractivity contribution in [2.75, 3.05) is 12.8 Å². The molecule has 0 bridgehead atoms. The lowest BCUT2D eigenvalue weighted by Crippen LogP contribution is -2.05. The maximum absolute atomic E-state index is 12.8. The lowest BCUT2D eigenvalue weighted by Gasteiger charge is -2.10. The van der Waals surface area contributed by atoms with Crippen LogP contribution in [0.15, 0.2) is 24.3 Å². The van der Waals surface area contributed by atoms with E-state index in [1.807, 2.05) is 0 Å². The molecule has 0 amide bonds. The van der Waals surface area contributed by atoms with Gasteiger partial charge in [0.05, 0.1) is 18.4 Å². The molecular weight excluding hydrogens is 259 g/mol. The Kier molecular flexibility index (Phi) is 3.13. The number of aromatic nitrogens is 2. The second kappa shape index (κ2) is 4.49. The Balaban J connectivity index is 2.57. The highest BCUT2D eigenvalue weighted by Gasteiger charge is 2.31. The van der Waals surface area contributed by atoms with E-state index >= 15 is 0 Å². The van der Waals surface area contributed by atoms with Crippen LogP contribution in [0.1, 0.15) is 5.56 Å². The zero-order chi connectivity index (χ0) is 14.2. The van der Waals surface area contributed by atoms with Gasteiger partial charge in [0.15, 0.2) is 0 Å². The SMILES string of the molecule is COc1cc(-c2cc(N)n(C)n2)cc(C(F)(F)F)c1. The number of ether oxygens (including phenoxy) is 1. The van der Waals surface area contributed by atoms with Crippen LogP contribution in [0.5, 0.6) is 5.75 Å². The molecule has 4 nitrogen and oxygen atoms in total. The number of nitrogens with zero attached hydrogens (tertiary/aromatic N) is 2. The first-order valence-electron chi connectivity index (χ1n) is 5.37. The largest absolute Gasteiger partial charge is 0.497 e. The van der Waals surface area contributed by atoms with Crippen molar-refractivity contribution in [3.8, 4) is 17.0 Å². The molecule has 2 N–H and O–H groups in total. The number of hydrogen-bond acceptors (Lipinski definition) is 3. The molecule has 0 unspecified atom stereocenters. The number of alkyl halides is 3. The first kappa shape index (κ1) is 13.3. The van der Waals surface area contributed by atoms with Gasteiger partial charge in [-0.1, -0.05) is 0 Å². The Morgan fingerprint density at radius 1 is 1.21 bits per heavy atom. The molecule has 1 aromatic carbocycles. The molecule has 0 spiro atoms. The minimum absolute atomic E-state index is 0.119. The molecule has 0 aliphatic carbocycles. The first-order valence-corrected chi connectivity index (χ1v) is 5.37. The third-order valence-corrected chi connectivity index (χ3v) is 2.68. The van der Waals surface area contributed by atoms with Crippen molar-refractivity contribution in [2.24, 2.45) is 7.05 Å². The van der Waals surface area contributed by atoms with Crippen LogP contribution in [0.3, 0.4) is 0 Å². The minimum Gasteiger partial charge on any atom is -0.497 e. The monoisotopic (exact) mass is 271 g/mol. The standard InChI is InChI=1S/C12H12F3N3O/c1-18-11(16)6-10(17-18)7-3-8(12(13,14)15)5-9(4-7)19-2/h3-6H,16H2,1-2H3. The summed E-state index contributed by atoms with van der Waals surface area (Å²) in [6.45, 7) is 0. The van der Waals surface area contributed by atoms with Gasteiger partial charge < -0.3 is 10.5 Å². The molecule has 2 aromatic rings. The van der Waals surface area contributed by atoms with E-state index in [9.17, 15) is 13.2 Å². The van der Waals surface area contributed by atoms with E-state index in [0.29, 0.717) is 17.1 Å². The molecule has 0 saturated carbocycles. The molecule has 0 fully saturated rings. The van der Waals surface area contributed by atoms with Crippen LogP contribution in [0, 0.1) is 0 Å². The average molecular weight is 271 g/mol. The number of nitrogen functional groups attached to an aromatic ring is 1. The average Bonchev–Trinajstić information content (AvgIpc) is 2.68. The van der Waals surface area contributed by atoms with E-state index in [1.165, 1.54) is 23.9 Å². The Hall–Kier alpha value is -2.18. The van der Waals surface area contributed by atoms with Gasteiger partial charge in [-0.3, -0.25) is 4.68 Å². The van der Waals surface area contributed by atoms with Crippen molar-refractivity contribution >= 4 is 5.82 Å². The number of halogens is 3. The van der Waals surface area contributed by atoms with Crippen LogP contribution in [-0.2, 0) is 13.2 Å². The highest BCUT2D eigenvalue weighted by Crippen LogP contribution is 2.35. The van der Waals surface area contributed by atoms with E-state index < -0.39 is 11.7 Å². The maximum atomic E-state index is 12.8. The minimum atomic E-state index is -4.44. The zero-order valence-corrected chi connectivity index (χ0v) is 10.3. The molecule has 0 radical (unpaired) electrons. The third-order valence-electron chi connectivity index (χ3n) is 2.68. The molecule has 19 heavy (non-hydrogen) atoms. The lowest BCUT2D eigenvalue weighted by atomic mass is 10.1. The molecule has 0 saturated heterocycles. The summed E-state index contributed by atoms with van der Waals surface area (Å²) in [5.74, 6) is 0.487. The van der Waals surface area contributed by atoms with Crippen LogP contribution in [0.25, 0.3) is 11.3 Å². The normalized spacial score (nSPS) is 11.6. The number of methoxy groups -OCH3 is 1. The van der Waals surface area contributed by atoms with Crippen LogP contribution < -0.4 is 10.5 Å². The van der Waals surface area contributed by atoms with Gasteiger partial charge in [0, 0.05) is 18.7 Å². The summed E-state index contributed by atoms with van der Waals surface area (Å²) in [6, 6.07) is 4.95. The summed E-state index contributed by atoms with van der Waals surface area (Å²) in [5, 5.41) is 4.05. The van der Waals surface area contributed by atoms with E-state index in [1.54, 1.807) is 7.05 Å². The fraction of sp³-hybridized carbons (Fsp3) is 0.250. The predicted octanol–water partition coefficient (Wildman–Crippen LogP) is 2.70. The van der Waals surface area contributed by atoms with E-state index in [2.05, 4.69) is 5.10 Å². The number of benzene rings is 1. The van der Waals surface area contributed by atoms with E-state index in [0.717, 1.165) is 12.1 Å². The molecule has 7 heteroatoms. The molecule has 1 aromatic heterocycles. The highest BCUT2D eigenvalue weighted by atomic mass is 19.4. The van der Waals surface area contributed by atoms with Gasteiger partial charge in [-0.15, -0.1) is 0 Å². The lowest BCUT2D eigenvalue weighted by molar-refractivity contribution is -0.137. The van der Waals surface area contributed by atoms with Crippen LogP contribution in [0.2, 0.25) is 0 Å². The summed E-state index contributed by atoms with van der Waals surface area (Å²) in [7, 11) is 2.93. The number of hydrogen-bond donors (Lipinski definition) is 1. The second-order valence-corrected chi connectivity index (χ2v) is 4.03. The van der Waals surface area contributed by atoms with Crippen molar-refractivity contribution in [2.45, 2.75) is 6.18 Å². The van der Waals surface area contributed by atoms with Gasteiger partial charge in [0.2, 0.25) is 0 Å². The third kappa shape index (κ3) is 2.64. The van der Waals surface area contributed by atoms with Gasteiger partial charge in [-0.25, -0.2) is 0 Å². The molecule has 102 valence electrons. The summed E-state index contributed by atoms with van der Waals surface area (Å²) in [6.07, 6.45) is -4.44. The van der Waals surface area contributed by atoms with Crippen molar-refractivity contribution < 1.29 is 17.9 Å². The Labute approximate surface area is 107 Å². The first-order chi connectivity index (χ1) is 8.81. The van der Waals surface area contributed by atoms with Gasteiger partial charge in [-0.05, 0) is 18.2 Å². The van der Waals surface area contributed by atoms with Crippen LogP contribution in [0.4, 0.5) is 19.0 Å². The topological polar surface area (TPSA) is 53.1 Å². The molecule has 0 aliphatic rings. The van der Waals surface area contributed by atoms with Crippen LogP contribution in [-0.4, -0.2) is 16.9 Å². The molecule has 0 aliphatic heterocycles. The summed E-state index contributed by atoms with van der Waals surface area (Å²) in [4.78, 5) is 0. The quantitative estimate of drug-likeness (QED) is 0.913. The van der Waals surface area contributed by atoms with Crippen LogP contribution >= 0.6 is 0 Å². The Morgan fingerprint density at radius 2 is 1.89 bits per heavy atom. The summed E-state index contributed by atoms with van der Waals surface area (Å²) in [5.41, 5.74) is 5.50. The molecule has 0 atom stereocenters. The van der Waals surface area contributed by atoms with Gasteiger partial charge in [0.25, 0.3) is 0 Å². The second-order valence-electron chi connectivity index (χ2n) is 4.03.